The average molecular weight is 426 g/mol. The van der Waals surface area contributed by atoms with E-state index in [1.807, 2.05) is 46.9 Å². The van der Waals surface area contributed by atoms with Gasteiger partial charge in [-0.15, -0.1) is 14.4 Å². The van der Waals surface area contributed by atoms with Gasteiger partial charge in [0.25, 0.3) is 3.70 Å². The summed E-state index contributed by atoms with van der Waals surface area (Å²) in [5.74, 6) is 3.12. The third-order valence-corrected chi connectivity index (χ3v) is 3.21. The normalized spacial score (nSPS) is 14.7. The molecule has 0 atom stereocenters. The molecule has 1 aliphatic heterocycles. The first kappa shape index (κ1) is 12.7. The molecule has 1 N–H and O–H groups in total. The molecule has 0 saturated carbocycles. The fraction of sp³-hybridized carbons (Fsp3) is 0.100. The SMILES string of the molecule is C[N+]1=C=CC=CC(n2ccc[nH+]2)=C1I.[I-]. The summed E-state index contributed by atoms with van der Waals surface area (Å²) in [4.78, 5) is 0. The lowest BCUT2D eigenvalue weighted by molar-refractivity contribution is -0.474. The third-order valence-electron chi connectivity index (χ3n) is 1.93. The van der Waals surface area contributed by atoms with E-state index in [4.69, 9.17) is 0 Å². The zero-order valence-electron chi connectivity index (χ0n) is 8.11. The maximum Gasteiger partial charge on any atom is 0.279 e. The molecule has 1 aromatic rings. The van der Waals surface area contributed by atoms with Crippen LogP contribution in [0.3, 0.4) is 0 Å². The van der Waals surface area contributed by atoms with E-state index in [0.717, 1.165) is 9.40 Å². The van der Waals surface area contributed by atoms with Crippen LogP contribution in [0.1, 0.15) is 0 Å². The predicted octanol–water partition coefficient (Wildman–Crippen LogP) is -1.69. The van der Waals surface area contributed by atoms with E-state index in [2.05, 4.69) is 39.6 Å². The molecule has 1 aliphatic rings. The first-order valence-corrected chi connectivity index (χ1v) is 5.32. The molecule has 0 radical (unpaired) electrons. The van der Waals surface area contributed by atoms with Crippen LogP contribution in [0, 0.1) is 0 Å². The van der Waals surface area contributed by atoms with Crippen molar-refractivity contribution in [3.8, 4) is 0 Å². The lowest BCUT2D eigenvalue weighted by Crippen LogP contribution is -3.00. The molecule has 0 saturated heterocycles. The molecule has 78 valence electrons. The van der Waals surface area contributed by atoms with Gasteiger partial charge in [0.2, 0.25) is 0 Å². The van der Waals surface area contributed by atoms with Gasteiger partial charge in [-0.2, -0.15) is 0 Å². The van der Waals surface area contributed by atoms with Crippen LogP contribution >= 0.6 is 22.6 Å². The van der Waals surface area contributed by atoms with E-state index in [0.29, 0.717) is 0 Å². The van der Waals surface area contributed by atoms with E-state index in [1.165, 1.54) is 0 Å². The summed E-state index contributed by atoms with van der Waals surface area (Å²) in [5, 5.41) is 3.12. The maximum atomic E-state index is 3.12. The van der Waals surface area contributed by atoms with Gasteiger partial charge in [-0.05, 0) is 12.2 Å². The first-order chi connectivity index (χ1) is 6.79. The van der Waals surface area contributed by atoms with E-state index in [1.54, 1.807) is 0 Å². The van der Waals surface area contributed by atoms with Gasteiger partial charge in [-0.25, -0.2) is 0 Å². The van der Waals surface area contributed by atoms with Crippen molar-refractivity contribution in [2.24, 2.45) is 0 Å². The Hall–Kier alpha value is -0.400. The van der Waals surface area contributed by atoms with Crippen LogP contribution in [0.2, 0.25) is 0 Å². The molecule has 0 spiro atoms. The number of hydrogen-bond donors (Lipinski definition) is 0. The van der Waals surface area contributed by atoms with Crippen LogP contribution in [0.4, 0.5) is 0 Å². The van der Waals surface area contributed by atoms with Gasteiger partial charge in [0.05, 0.1) is 6.20 Å². The number of aromatic nitrogens is 2. The Bertz CT molecular complexity index is 463. The van der Waals surface area contributed by atoms with Gasteiger partial charge in [-0.1, -0.05) is 0 Å². The summed E-state index contributed by atoms with van der Waals surface area (Å²) in [6.07, 6.45) is 9.81. The summed E-state index contributed by atoms with van der Waals surface area (Å²) >= 11 is 2.30. The second-order valence-corrected chi connectivity index (χ2v) is 3.92. The van der Waals surface area contributed by atoms with Crippen LogP contribution in [-0.2, 0) is 0 Å². The molecule has 2 heterocycles. The Kier molecular flexibility index (Phi) is 4.75. The highest BCUT2D eigenvalue weighted by Crippen LogP contribution is 2.18. The summed E-state index contributed by atoms with van der Waals surface area (Å²) in [5.41, 5.74) is 1.11. The number of allylic oxidation sites excluding steroid dienone is 4. The van der Waals surface area contributed by atoms with Crippen molar-refractivity contribution in [2.45, 2.75) is 0 Å². The quantitative estimate of drug-likeness (QED) is 0.291. The Labute approximate surface area is 119 Å². The molecule has 0 fully saturated rings. The zero-order chi connectivity index (χ0) is 9.97. The van der Waals surface area contributed by atoms with Gasteiger partial charge < -0.3 is 24.0 Å². The molecular formula is C10H10I2N3+. The van der Waals surface area contributed by atoms with Gasteiger partial charge in [0.15, 0.2) is 17.8 Å². The fourth-order valence-electron chi connectivity index (χ4n) is 1.22. The standard InChI is InChI=1S/C10H9IN3.HI/c1-13-7-3-2-5-9(10(13)11)14-8-4-6-12-14;/h2-6,8H,1H3;1H/q+1;. The van der Waals surface area contributed by atoms with Gasteiger partial charge in [-0.3, -0.25) is 0 Å². The Morgan fingerprint density at radius 2 is 2.33 bits per heavy atom. The van der Waals surface area contributed by atoms with Gasteiger partial charge >= 0.3 is 0 Å². The van der Waals surface area contributed by atoms with Crippen LogP contribution in [-0.4, -0.2) is 22.2 Å². The molecule has 3 nitrogen and oxygen atoms in total. The van der Waals surface area contributed by atoms with Crippen molar-refractivity contribution >= 4 is 34.2 Å². The Balaban J connectivity index is 0.00000112. The van der Waals surface area contributed by atoms with Crippen LogP contribution in [0.15, 0.2) is 40.4 Å². The van der Waals surface area contributed by atoms with Crippen LogP contribution < -0.4 is 29.1 Å². The number of rotatable bonds is 1. The minimum atomic E-state index is 0. The number of aromatic amines is 1. The van der Waals surface area contributed by atoms with Crippen molar-refractivity contribution in [3.05, 3.63) is 40.4 Å². The average Bonchev–Trinajstić information content (AvgIpc) is 2.64. The van der Waals surface area contributed by atoms with Crippen LogP contribution in [0.25, 0.3) is 5.70 Å². The zero-order valence-corrected chi connectivity index (χ0v) is 12.4. The fourth-order valence-corrected chi connectivity index (χ4v) is 1.80. The maximum absolute atomic E-state index is 3.12. The van der Waals surface area contributed by atoms with Crippen LogP contribution in [0.5, 0.6) is 0 Å². The summed E-state index contributed by atoms with van der Waals surface area (Å²) in [6.45, 7) is 0. The Morgan fingerprint density at radius 1 is 1.53 bits per heavy atom. The minimum Gasteiger partial charge on any atom is -1.00 e. The Morgan fingerprint density at radius 3 is 3.00 bits per heavy atom. The molecule has 0 aliphatic carbocycles. The van der Waals surface area contributed by atoms with Crippen molar-refractivity contribution in [3.63, 3.8) is 0 Å². The van der Waals surface area contributed by atoms with Gasteiger partial charge in [0.1, 0.15) is 7.05 Å². The summed E-state index contributed by atoms with van der Waals surface area (Å²) in [6, 6.07) is 1.97. The summed E-state index contributed by atoms with van der Waals surface area (Å²) < 4.78 is 5.05. The smallest absolute Gasteiger partial charge is 0.279 e. The van der Waals surface area contributed by atoms with E-state index in [9.17, 15) is 0 Å². The molecule has 0 bridgehead atoms. The topological polar surface area (TPSA) is 22.1 Å². The molecular weight excluding hydrogens is 416 g/mol. The number of nitrogens with one attached hydrogen (secondary N) is 1. The minimum absolute atomic E-state index is 0. The monoisotopic (exact) mass is 426 g/mol. The molecule has 0 unspecified atom stereocenters. The molecule has 5 heteroatoms. The van der Waals surface area contributed by atoms with Crippen molar-refractivity contribution in [2.75, 3.05) is 7.05 Å². The van der Waals surface area contributed by atoms with Crippen molar-refractivity contribution < 1.29 is 33.7 Å². The molecule has 1 aromatic heterocycles. The highest BCUT2D eigenvalue weighted by atomic mass is 127. The first-order valence-electron chi connectivity index (χ1n) is 4.24. The van der Waals surface area contributed by atoms with E-state index in [-0.39, 0.29) is 24.0 Å². The number of halogens is 2. The summed E-state index contributed by atoms with van der Waals surface area (Å²) in [7, 11) is 1.98. The third kappa shape index (κ3) is 2.79. The van der Waals surface area contributed by atoms with Crippen molar-refractivity contribution in [1.29, 1.82) is 0 Å². The predicted molar refractivity (Wildman–Crippen MR) is 63.1 cm³/mol. The van der Waals surface area contributed by atoms with Gasteiger partial charge in [0, 0.05) is 34.7 Å². The number of nitrogens with zero attached hydrogens (tertiary/aromatic N) is 2. The molecule has 15 heavy (non-hydrogen) atoms. The van der Waals surface area contributed by atoms with Crippen molar-refractivity contribution in [1.82, 2.24) is 4.68 Å². The largest absolute Gasteiger partial charge is 1.00 e. The molecule has 2 rings (SSSR count). The molecule has 0 amide bonds. The second kappa shape index (κ2) is 5.62. The lowest BCUT2D eigenvalue weighted by Gasteiger charge is -1.96. The number of H-pyrrole nitrogens is 1. The lowest BCUT2D eigenvalue weighted by atomic mass is 10.4. The molecule has 0 aromatic carbocycles. The van der Waals surface area contributed by atoms with E-state index >= 15 is 0 Å². The second-order valence-electron chi connectivity index (χ2n) is 2.90. The van der Waals surface area contributed by atoms with E-state index < -0.39 is 0 Å². The highest BCUT2D eigenvalue weighted by Gasteiger charge is 2.15. The number of hydrogen-bond acceptors (Lipinski definition) is 0. The highest BCUT2D eigenvalue weighted by molar-refractivity contribution is 14.1.